The number of rotatable bonds is 3. The van der Waals surface area contributed by atoms with Gasteiger partial charge in [-0.25, -0.2) is 8.42 Å². The van der Waals surface area contributed by atoms with Crippen molar-refractivity contribution in [3.05, 3.63) is 35.9 Å². The molecular formula is C15H24N2O3S2. The highest BCUT2D eigenvalue weighted by Crippen LogP contribution is 2.28. The third-order valence-electron chi connectivity index (χ3n) is 3.65. The molecule has 2 atom stereocenters. The third kappa shape index (κ3) is 7.29. The van der Waals surface area contributed by atoms with Crippen LogP contribution in [-0.2, 0) is 15.9 Å². The monoisotopic (exact) mass is 344 g/mol. The summed E-state index contributed by atoms with van der Waals surface area (Å²) in [6.07, 6.45) is 3.39. The summed E-state index contributed by atoms with van der Waals surface area (Å²) in [5, 5.41) is 5.11. The maximum atomic E-state index is 10.6. The smallest absolute Gasteiger partial charge is 0.300 e. The summed E-state index contributed by atoms with van der Waals surface area (Å²) in [5.74, 6) is 0.912. The highest BCUT2D eigenvalue weighted by atomic mass is 32.2. The Morgan fingerprint density at radius 3 is 2.36 bits per heavy atom. The molecule has 1 aromatic rings. The van der Waals surface area contributed by atoms with Crippen molar-refractivity contribution in [3.8, 4) is 0 Å². The van der Waals surface area contributed by atoms with Crippen LogP contribution in [0.5, 0.6) is 0 Å². The first-order valence-electron chi connectivity index (χ1n) is 7.30. The van der Waals surface area contributed by atoms with Gasteiger partial charge in [0.05, 0.1) is 15.4 Å². The summed E-state index contributed by atoms with van der Waals surface area (Å²) in [7, 11) is -4.03. The van der Waals surface area contributed by atoms with Gasteiger partial charge in [0.1, 0.15) is 0 Å². The molecule has 2 rings (SSSR count). The van der Waals surface area contributed by atoms with Crippen molar-refractivity contribution in [1.29, 1.82) is 0 Å². The van der Waals surface area contributed by atoms with Crippen molar-refractivity contribution in [2.45, 2.75) is 43.6 Å². The average Bonchev–Trinajstić information content (AvgIpc) is 2.46. The fraction of sp³-hybridized carbons (Fsp3) is 0.533. The van der Waals surface area contributed by atoms with Crippen molar-refractivity contribution in [2.75, 3.05) is 0 Å². The summed E-state index contributed by atoms with van der Waals surface area (Å²) in [6.45, 7) is 1.85. The Hall–Kier alpha value is -1.05. The van der Waals surface area contributed by atoms with E-state index in [9.17, 15) is 13.0 Å². The molecule has 0 saturated heterocycles. The largest absolute Gasteiger partial charge is 0.748 e. The van der Waals surface area contributed by atoms with Crippen LogP contribution in [-0.4, -0.2) is 23.4 Å². The van der Waals surface area contributed by atoms with Crippen LogP contribution in [0.2, 0.25) is 0 Å². The minimum atomic E-state index is -4.03. The van der Waals surface area contributed by atoms with Gasteiger partial charge in [-0.2, -0.15) is 0 Å². The summed E-state index contributed by atoms with van der Waals surface area (Å²) in [5.41, 5.74) is 6.54. The number of hydrogen-bond acceptors (Lipinski definition) is 4. The van der Waals surface area contributed by atoms with E-state index in [4.69, 9.17) is 11.1 Å². The molecule has 0 aromatic heterocycles. The Morgan fingerprint density at radius 1 is 1.32 bits per heavy atom. The minimum absolute atomic E-state index is 0.0613. The van der Waals surface area contributed by atoms with Crippen molar-refractivity contribution in [1.82, 2.24) is 0 Å². The van der Waals surface area contributed by atoms with Crippen LogP contribution in [0.4, 0.5) is 0 Å². The molecule has 2 unspecified atom stereocenters. The van der Waals surface area contributed by atoms with Crippen LogP contribution in [0.1, 0.15) is 38.2 Å². The molecule has 0 bridgehead atoms. The first-order valence-corrected chi connectivity index (χ1v) is 9.75. The minimum Gasteiger partial charge on any atom is -0.748 e. The van der Waals surface area contributed by atoms with Gasteiger partial charge in [0, 0.05) is 5.75 Å². The van der Waals surface area contributed by atoms with Crippen molar-refractivity contribution in [2.24, 2.45) is 11.7 Å². The first kappa shape index (κ1) is 19.0. The standard InChI is InChI=1S/C8H10N2S.C7H14O3S/c9-8(10)11-6-7-4-2-1-3-5-7;1-6-4-2-3-5-7(6)11(8,9)10/h1-5H,6H2,(H3,9,10);6-7H,2-5H2,1H3,(H,8,9,10). The van der Waals surface area contributed by atoms with Gasteiger partial charge in [0.2, 0.25) is 0 Å². The first-order chi connectivity index (χ1) is 10.3. The van der Waals surface area contributed by atoms with Crippen molar-refractivity contribution >= 4 is 27.0 Å². The van der Waals surface area contributed by atoms with Gasteiger partial charge in [0.15, 0.2) is 0 Å². The molecule has 1 aliphatic rings. The van der Waals surface area contributed by atoms with E-state index in [1.54, 1.807) is 0 Å². The SMILES string of the molecule is CC1CCCCC1S(=O)(=O)[O-].NC(=[NH2+])SCc1ccccc1. The second-order valence-electron chi connectivity index (χ2n) is 5.47. The van der Waals surface area contributed by atoms with Gasteiger partial charge in [-0.15, -0.1) is 0 Å². The predicted octanol–water partition coefficient (Wildman–Crippen LogP) is 1.10. The summed E-state index contributed by atoms with van der Waals surface area (Å²) in [6, 6.07) is 10.1. The van der Waals surface area contributed by atoms with Crippen LogP contribution in [0.15, 0.2) is 30.3 Å². The van der Waals surface area contributed by atoms with Crippen LogP contribution >= 0.6 is 11.8 Å². The lowest BCUT2D eigenvalue weighted by molar-refractivity contribution is -0.110. The number of hydrogen-bond donors (Lipinski definition) is 2. The summed E-state index contributed by atoms with van der Waals surface area (Å²) >= 11 is 1.46. The molecule has 7 heteroatoms. The van der Waals surface area contributed by atoms with Gasteiger partial charge in [0.25, 0.3) is 5.17 Å². The lowest BCUT2D eigenvalue weighted by Gasteiger charge is -2.30. The van der Waals surface area contributed by atoms with E-state index in [0.29, 0.717) is 11.6 Å². The molecule has 1 aliphatic carbocycles. The Bertz CT molecular complexity index is 561. The molecule has 1 aromatic carbocycles. The zero-order chi connectivity index (χ0) is 16.6. The van der Waals surface area contributed by atoms with Gasteiger partial charge in [-0.05, 0) is 36.1 Å². The topological polar surface area (TPSA) is 109 Å². The molecule has 124 valence electrons. The second kappa shape index (κ2) is 9.17. The third-order valence-corrected chi connectivity index (χ3v) is 5.90. The Morgan fingerprint density at radius 2 is 1.91 bits per heavy atom. The van der Waals surface area contributed by atoms with Crippen molar-refractivity contribution in [3.63, 3.8) is 0 Å². The van der Waals surface area contributed by atoms with E-state index in [2.05, 4.69) is 12.1 Å². The van der Waals surface area contributed by atoms with Gasteiger partial charge >= 0.3 is 0 Å². The fourth-order valence-electron chi connectivity index (χ4n) is 2.45. The Kier molecular flexibility index (Phi) is 7.92. The maximum absolute atomic E-state index is 10.6. The number of nitrogens with two attached hydrogens (primary N) is 2. The van der Waals surface area contributed by atoms with E-state index in [1.807, 2.05) is 25.1 Å². The molecule has 0 spiro atoms. The normalized spacial score (nSPS) is 21.5. The Labute approximate surface area is 136 Å². The van der Waals surface area contributed by atoms with Crippen molar-refractivity contribution < 1.29 is 18.4 Å². The van der Waals surface area contributed by atoms with Gasteiger partial charge in [-0.3, -0.25) is 11.1 Å². The lowest BCUT2D eigenvalue weighted by Crippen LogP contribution is -2.43. The number of amidine groups is 1. The molecule has 0 aliphatic heterocycles. The summed E-state index contributed by atoms with van der Waals surface area (Å²) < 4.78 is 31.9. The van der Waals surface area contributed by atoms with Crippen LogP contribution in [0.3, 0.4) is 0 Å². The van der Waals surface area contributed by atoms with Crippen LogP contribution in [0, 0.1) is 5.92 Å². The fourth-order valence-corrected chi connectivity index (χ4v) is 4.14. The molecule has 0 radical (unpaired) electrons. The molecule has 0 amide bonds. The van der Waals surface area contributed by atoms with Gasteiger partial charge < -0.3 is 4.55 Å². The zero-order valence-electron chi connectivity index (χ0n) is 12.8. The van der Waals surface area contributed by atoms with E-state index >= 15 is 0 Å². The van der Waals surface area contributed by atoms with E-state index in [-0.39, 0.29) is 5.92 Å². The molecule has 22 heavy (non-hydrogen) atoms. The molecule has 4 N–H and O–H groups in total. The predicted molar refractivity (Wildman–Crippen MR) is 90.0 cm³/mol. The summed E-state index contributed by atoms with van der Waals surface area (Å²) in [4.78, 5) is 0. The molecule has 1 saturated carbocycles. The molecule has 5 nitrogen and oxygen atoms in total. The Balaban J connectivity index is 0.000000220. The number of benzene rings is 1. The highest BCUT2D eigenvalue weighted by Gasteiger charge is 2.26. The number of thioether (sulfide) groups is 1. The van der Waals surface area contributed by atoms with Crippen LogP contribution in [0.25, 0.3) is 0 Å². The zero-order valence-corrected chi connectivity index (χ0v) is 14.4. The second-order valence-corrected chi connectivity index (χ2v) is 8.11. The highest BCUT2D eigenvalue weighted by molar-refractivity contribution is 8.12. The maximum Gasteiger partial charge on any atom is 0.300 e. The molecule has 0 heterocycles. The average molecular weight is 345 g/mol. The van der Waals surface area contributed by atoms with Gasteiger partial charge in [-0.1, -0.05) is 50.1 Å². The lowest BCUT2D eigenvalue weighted by atomic mass is 9.90. The van der Waals surface area contributed by atoms with E-state index in [1.165, 1.54) is 17.3 Å². The van der Waals surface area contributed by atoms with E-state index < -0.39 is 15.4 Å². The molecule has 1 fully saturated rings. The van der Waals surface area contributed by atoms with Crippen LogP contribution < -0.4 is 11.1 Å². The molecular weight excluding hydrogens is 320 g/mol. The quantitative estimate of drug-likeness (QED) is 0.485. The van der Waals surface area contributed by atoms with E-state index in [0.717, 1.165) is 25.0 Å².